The SMILES string of the molecule is Cc1cc(Cl)c(C(=O)N2CC(CO)OC(C)(C)C2)cn1. The second-order valence-corrected chi connectivity index (χ2v) is 6.08. The van der Waals surface area contributed by atoms with Crippen LogP contribution in [0.4, 0.5) is 0 Å². The molecular weight excluding hydrogens is 280 g/mol. The molecule has 2 rings (SSSR count). The predicted molar refractivity (Wildman–Crippen MR) is 75.9 cm³/mol. The van der Waals surface area contributed by atoms with Crippen LogP contribution in [0.5, 0.6) is 0 Å². The molecule has 6 heteroatoms. The average Bonchev–Trinajstić information content (AvgIpc) is 2.36. The Morgan fingerprint density at radius 1 is 1.65 bits per heavy atom. The van der Waals surface area contributed by atoms with E-state index < -0.39 is 5.60 Å². The molecule has 0 bridgehead atoms. The van der Waals surface area contributed by atoms with Gasteiger partial charge in [0.05, 0.1) is 28.9 Å². The van der Waals surface area contributed by atoms with Gasteiger partial charge in [-0.25, -0.2) is 0 Å². The van der Waals surface area contributed by atoms with E-state index in [1.807, 2.05) is 20.8 Å². The van der Waals surface area contributed by atoms with Crippen LogP contribution in [0.3, 0.4) is 0 Å². The second-order valence-electron chi connectivity index (χ2n) is 5.67. The van der Waals surface area contributed by atoms with Gasteiger partial charge in [0.1, 0.15) is 0 Å². The number of rotatable bonds is 2. The van der Waals surface area contributed by atoms with E-state index in [1.54, 1.807) is 11.0 Å². The lowest BCUT2D eigenvalue weighted by molar-refractivity contribution is -0.139. The Hall–Kier alpha value is -1.17. The minimum Gasteiger partial charge on any atom is -0.394 e. The molecule has 1 atom stereocenters. The number of morpholine rings is 1. The number of carbonyl (C=O) groups is 1. The Bertz CT molecular complexity index is 519. The first-order chi connectivity index (χ1) is 9.32. The van der Waals surface area contributed by atoms with E-state index in [0.29, 0.717) is 23.7 Å². The second kappa shape index (κ2) is 5.68. The zero-order chi connectivity index (χ0) is 14.9. The van der Waals surface area contributed by atoms with Crippen LogP contribution in [-0.4, -0.2) is 52.3 Å². The molecule has 0 aromatic carbocycles. The third-order valence-corrected chi connectivity index (χ3v) is 3.51. The molecule has 1 N–H and O–H groups in total. The number of aliphatic hydroxyl groups excluding tert-OH is 1. The van der Waals surface area contributed by atoms with Gasteiger partial charge >= 0.3 is 0 Å². The number of hydrogen-bond acceptors (Lipinski definition) is 4. The summed E-state index contributed by atoms with van der Waals surface area (Å²) in [6.45, 7) is 6.29. The van der Waals surface area contributed by atoms with Crippen molar-refractivity contribution in [1.82, 2.24) is 9.88 Å². The van der Waals surface area contributed by atoms with Gasteiger partial charge in [0.15, 0.2) is 0 Å². The highest BCUT2D eigenvalue weighted by Gasteiger charge is 2.36. The van der Waals surface area contributed by atoms with Crippen molar-refractivity contribution in [3.63, 3.8) is 0 Å². The number of carbonyl (C=O) groups excluding carboxylic acids is 1. The molecule has 1 unspecified atom stereocenters. The number of aliphatic hydroxyl groups is 1. The van der Waals surface area contributed by atoms with Crippen LogP contribution in [0.25, 0.3) is 0 Å². The van der Waals surface area contributed by atoms with Crippen molar-refractivity contribution in [1.29, 1.82) is 0 Å². The fourth-order valence-corrected chi connectivity index (χ4v) is 2.69. The van der Waals surface area contributed by atoms with Crippen molar-refractivity contribution in [3.8, 4) is 0 Å². The average molecular weight is 299 g/mol. The van der Waals surface area contributed by atoms with E-state index in [4.69, 9.17) is 16.3 Å². The van der Waals surface area contributed by atoms with Gasteiger partial charge in [0.25, 0.3) is 5.91 Å². The van der Waals surface area contributed by atoms with Crippen molar-refractivity contribution < 1.29 is 14.6 Å². The van der Waals surface area contributed by atoms with Gasteiger partial charge < -0.3 is 14.7 Å². The molecule has 1 amide bonds. The molecule has 0 aliphatic carbocycles. The first-order valence-electron chi connectivity index (χ1n) is 6.52. The molecule has 0 spiro atoms. The lowest BCUT2D eigenvalue weighted by atomic mass is 10.0. The predicted octanol–water partition coefficient (Wildman–Crippen LogP) is 1.66. The van der Waals surface area contributed by atoms with Crippen molar-refractivity contribution >= 4 is 17.5 Å². The number of aromatic nitrogens is 1. The van der Waals surface area contributed by atoms with Crippen LogP contribution in [0, 0.1) is 6.92 Å². The fraction of sp³-hybridized carbons (Fsp3) is 0.571. The third kappa shape index (κ3) is 3.29. The molecule has 0 radical (unpaired) electrons. The van der Waals surface area contributed by atoms with Crippen molar-refractivity contribution in [2.24, 2.45) is 0 Å². The summed E-state index contributed by atoms with van der Waals surface area (Å²) < 4.78 is 5.70. The van der Waals surface area contributed by atoms with Gasteiger partial charge in [0.2, 0.25) is 0 Å². The Labute approximate surface area is 123 Å². The first-order valence-corrected chi connectivity index (χ1v) is 6.90. The summed E-state index contributed by atoms with van der Waals surface area (Å²) in [7, 11) is 0. The summed E-state index contributed by atoms with van der Waals surface area (Å²) in [5, 5.41) is 9.68. The van der Waals surface area contributed by atoms with Crippen molar-refractivity contribution in [2.45, 2.75) is 32.5 Å². The monoisotopic (exact) mass is 298 g/mol. The van der Waals surface area contributed by atoms with E-state index in [-0.39, 0.29) is 18.6 Å². The van der Waals surface area contributed by atoms with Gasteiger partial charge in [-0.05, 0) is 26.8 Å². The molecule has 2 heterocycles. The lowest BCUT2D eigenvalue weighted by Gasteiger charge is -2.42. The summed E-state index contributed by atoms with van der Waals surface area (Å²) in [5.74, 6) is -0.183. The van der Waals surface area contributed by atoms with Crippen LogP contribution >= 0.6 is 11.6 Å². The summed E-state index contributed by atoms with van der Waals surface area (Å²) in [6, 6.07) is 1.67. The van der Waals surface area contributed by atoms with Crippen LogP contribution in [0.1, 0.15) is 29.9 Å². The van der Waals surface area contributed by atoms with E-state index in [2.05, 4.69) is 4.98 Å². The Morgan fingerprint density at radius 3 is 2.95 bits per heavy atom. The highest BCUT2D eigenvalue weighted by atomic mass is 35.5. The van der Waals surface area contributed by atoms with Crippen LogP contribution in [-0.2, 0) is 4.74 Å². The maximum absolute atomic E-state index is 12.5. The van der Waals surface area contributed by atoms with Crippen LogP contribution < -0.4 is 0 Å². The minimum atomic E-state index is -0.494. The number of amides is 1. The normalized spacial score (nSPS) is 21.9. The van der Waals surface area contributed by atoms with E-state index >= 15 is 0 Å². The smallest absolute Gasteiger partial charge is 0.257 e. The highest BCUT2D eigenvalue weighted by Crippen LogP contribution is 2.24. The van der Waals surface area contributed by atoms with Gasteiger partial charge in [-0.1, -0.05) is 11.6 Å². The van der Waals surface area contributed by atoms with Gasteiger partial charge in [0, 0.05) is 25.0 Å². The minimum absolute atomic E-state index is 0.118. The maximum Gasteiger partial charge on any atom is 0.257 e. The summed E-state index contributed by atoms with van der Waals surface area (Å²) in [6.07, 6.45) is 1.12. The molecule has 5 nitrogen and oxygen atoms in total. The fourth-order valence-electron chi connectivity index (χ4n) is 2.40. The Kier molecular flexibility index (Phi) is 4.32. The zero-order valence-electron chi connectivity index (χ0n) is 11.9. The van der Waals surface area contributed by atoms with Crippen molar-refractivity contribution in [2.75, 3.05) is 19.7 Å². The molecule has 1 aliphatic heterocycles. The number of aryl methyl sites for hydroxylation is 1. The molecule has 1 fully saturated rings. The molecule has 1 saturated heterocycles. The van der Waals surface area contributed by atoms with E-state index in [9.17, 15) is 9.90 Å². The molecular formula is C14H19ClN2O3. The highest BCUT2D eigenvalue weighted by molar-refractivity contribution is 6.33. The maximum atomic E-state index is 12.5. The quantitative estimate of drug-likeness (QED) is 0.902. The standard InChI is InChI=1S/C14H19ClN2O3/c1-9-4-12(15)11(5-16-9)13(19)17-6-10(7-18)20-14(2,3)8-17/h4-5,10,18H,6-8H2,1-3H3. The molecule has 1 aromatic heterocycles. The number of halogens is 1. The number of hydrogen-bond donors (Lipinski definition) is 1. The molecule has 20 heavy (non-hydrogen) atoms. The van der Waals surface area contributed by atoms with E-state index in [1.165, 1.54) is 6.20 Å². The van der Waals surface area contributed by atoms with Crippen LogP contribution in [0.15, 0.2) is 12.3 Å². The first kappa shape index (κ1) is 15.2. The van der Waals surface area contributed by atoms with Gasteiger partial charge in [-0.3, -0.25) is 9.78 Å². The van der Waals surface area contributed by atoms with Gasteiger partial charge in [-0.15, -0.1) is 0 Å². The summed E-state index contributed by atoms with van der Waals surface area (Å²) >= 11 is 6.12. The number of ether oxygens (including phenoxy) is 1. The third-order valence-electron chi connectivity index (χ3n) is 3.19. The molecule has 0 saturated carbocycles. The Morgan fingerprint density at radius 2 is 2.35 bits per heavy atom. The molecule has 110 valence electrons. The van der Waals surface area contributed by atoms with E-state index in [0.717, 1.165) is 5.69 Å². The zero-order valence-corrected chi connectivity index (χ0v) is 12.6. The number of pyridine rings is 1. The van der Waals surface area contributed by atoms with Crippen LogP contribution in [0.2, 0.25) is 5.02 Å². The summed E-state index contributed by atoms with van der Waals surface area (Å²) in [4.78, 5) is 18.3. The lowest BCUT2D eigenvalue weighted by Crippen LogP contribution is -2.55. The summed E-state index contributed by atoms with van der Waals surface area (Å²) in [5.41, 5.74) is 0.653. The van der Waals surface area contributed by atoms with Crippen molar-refractivity contribution in [3.05, 3.63) is 28.5 Å². The number of nitrogens with zero attached hydrogens (tertiary/aromatic N) is 2. The molecule has 1 aliphatic rings. The Balaban J connectivity index is 2.23. The largest absolute Gasteiger partial charge is 0.394 e. The molecule has 1 aromatic rings. The topological polar surface area (TPSA) is 62.7 Å². The van der Waals surface area contributed by atoms with Gasteiger partial charge in [-0.2, -0.15) is 0 Å².